The monoisotopic (exact) mass is 309 g/mol. The van der Waals surface area contributed by atoms with Gasteiger partial charge in [0.15, 0.2) is 0 Å². The van der Waals surface area contributed by atoms with Crippen molar-refractivity contribution < 1.29 is 9.94 Å². The quantitative estimate of drug-likeness (QED) is 0.471. The molecule has 0 saturated carbocycles. The fourth-order valence-corrected chi connectivity index (χ4v) is 2.24. The summed E-state index contributed by atoms with van der Waals surface area (Å²) in [4.78, 5) is 0. The van der Waals surface area contributed by atoms with Crippen LogP contribution < -0.4 is 9.80 Å². The lowest BCUT2D eigenvalue weighted by Gasteiger charge is -2.24. The molecule has 0 heterocycles. The molecule has 23 heavy (non-hydrogen) atoms. The van der Waals surface area contributed by atoms with E-state index in [2.05, 4.69) is 18.8 Å². The standard InChI is InChI=1S/C20H23NO2/c1-3-4-5-9-12-20(17-13-15-19(23-2)16-14-17)21(22)18-10-7-6-8-11-18/h6-8,10-11,13-16,20,22H,3-5H2,1-2H3. The molecule has 0 aliphatic carbocycles. The Morgan fingerprint density at radius 2 is 1.78 bits per heavy atom. The normalized spacial score (nSPS) is 11.3. The van der Waals surface area contributed by atoms with Gasteiger partial charge in [-0.15, -0.1) is 5.92 Å². The molecule has 1 atom stereocenters. The summed E-state index contributed by atoms with van der Waals surface area (Å²) < 4.78 is 5.19. The number of anilines is 1. The maximum atomic E-state index is 10.6. The Morgan fingerprint density at radius 3 is 2.39 bits per heavy atom. The molecule has 3 heteroatoms. The first kappa shape index (κ1) is 16.9. The van der Waals surface area contributed by atoms with E-state index in [1.807, 2.05) is 54.6 Å². The van der Waals surface area contributed by atoms with Gasteiger partial charge in [0.05, 0.1) is 12.8 Å². The summed E-state index contributed by atoms with van der Waals surface area (Å²) in [5.74, 6) is 7.16. The second-order valence-electron chi connectivity index (χ2n) is 5.28. The molecule has 2 aromatic rings. The second-order valence-corrected chi connectivity index (χ2v) is 5.28. The van der Waals surface area contributed by atoms with Gasteiger partial charge in [0.2, 0.25) is 0 Å². The number of nitrogens with zero attached hydrogens (tertiary/aromatic N) is 1. The highest BCUT2D eigenvalue weighted by Gasteiger charge is 2.17. The summed E-state index contributed by atoms with van der Waals surface area (Å²) in [6.45, 7) is 2.14. The van der Waals surface area contributed by atoms with Crippen molar-refractivity contribution in [3.05, 3.63) is 60.2 Å². The SMILES string of the molecule is CCCCC#CC(c1ccc(OC)cc1)N(O)c1ccccc1. The Bertz CT molecular complexity index is 641. The van der Waals surface area contributed by atoms with E-state index in [1.165, 1.54) is 5.06 Å². The van der Waals surface area contributed by atoms with Crippen molar-refractivity contribution in [2.75, 3.05) is 12.2 Å². The Labute approximate surface area is 138 Å². The molecule has 0 aliphatic heterocycles. The third-order valence-electron chi connectivity index (χ3n) is 3.59. The lowest BCUT2D eigenvalue weighted by atomic mass is 10.1. The van der Waals surface area contributed by atoms with Crippen molar-refractivity contribution in [1.29, 1.82) is 0 Å². The van der Waals surface area contributed by atoms with Gasteiger partial charge in [-0.2, -0.15) is 0 Å². The van der Waals surface area contributed by atoms with Crippen LogP contribution in [0.25, 0.3) is 0 Å². The number of hydrogen-bond acceptors (Lipinski definition) is 3. The topological polar surface area (TPSA) is 32.7 Å². The summed E-state index contributed by atoms with van der Waals surface area (Å²) >= 11 is 0. The lowest BCUT2D eigenvalue weighted by molar-refractivity contribution is 0.236. The maximum absolute atomic E-state index is 10.6. The minimum atomic E-state index is -0.403. The number of hydroxylamine groups is 1. The van der Waals surface area contributed by atoms with Crippen molar-refractivity contribution >= 4 is 5.69 Å². The lowest BCUT2D eigenvalue weighted by Crippen LogP contribution is -2.23. The van der Waals surface area contributed by atoms with Crippen LogP contribution in [-0.4, -0.2) is 12.3 Å². The number of rotatable bonds is 6. The Morgan fingerprint density at radius 1 is 1.09 bits per heavy atom. The van der Waals surface area contributed by atoms with Crippen LogP contribution in [0.3, 0.4) is 0 Å². The van der Waals surface area contributed by atoms with Gasteiger partial charge in [-0.05, 0) is 36.2 Å². The zero-order valence-corrected chi connectivity index (χ0v) is 13.7. The van der Waals surface area contributed by atoms with Crippen molar-refractivity contribution in [2.24, 2.45) is 0 Å². The summed E-state index contributed by atoms with van der Waals surface area (Å²) in [5, 5.41) is 11.8. The maximum Gasteiger partial charge on any atom is 0.142 e. The van der Waals surface area contributed by atoms with E-state index < -0.39 is 6.04 Å². The van der Waals surface area contributed by atoms with Crippen LogP contribution in [-0.2, 0) is 0 Å². The van der Waals surface area contributed by atoms with Gasteiger partial charge < -0.3 is 4.74 Å². The van der Waals surface area contributed by atoms with E-state index in [1.54, 1.807) is 7.11 Å². The van der Waals surface area contributed by atoms with Crippen LogP contribution in [0, 0.1) is 11.8 Å². The van der Waals surface area contributed by atoms with Crippen LogP contribution in [0.5, 0.6) is 5.75 Å². The number of ether oxygens (including phenoxy) is 1. The summed E-state index contributed by atoms with van der Waals surface area (Å²) in [5.41, 5.74) is 1.65. The molecule has 0 spiro atoms. The van der Waals surface area contributed by atoms with Crippen LogP contribution in [0.15, 0.2) is 54.6 Å². The zero-order chi connectivity index (χ0) is 16.5. The molecule has 0 aliphatic rings. The molecule has 0 radical (unpaired) electrons. The molecule has 3 nitrogen and oxygen atoms in total. The van der Waals surface area contributed by atoms with Crippen molar-refractivity contribution in [1.82, 2.24) is 0 Å². The van der Waals surface area contributed by atoms with Crippen LogP contribution in [0.4, 0.5) is 5.69 Å². The smallest absolute Gasteiger partial charge is 0.142 e. The first-order valence-corrected chi connectivity index (χ1v) is 7.91. The van der Waals surface area contributed by atoms with E-state index in [9.17, 15) is 5.21 Å². The molecule has 2 rings (SSSR count). The second kappa shape index (κ2) is 8.87. The highest BCUT2D eigenvalue weighted by molar-refractivity contribution is 5.49. The highest BCUT2D eigenvalue weighted by Crippen LogP contribution is 2.26. The van der Waals surface area contributed by atoms with Gasteiger partial charge >= 0.3 is 0 Å². The minimum absolute atomic E-state index is 0.403. The fourth-order valence-electron chi connectivity index (χ4n) is 2.24. The van der Waals surface area contributed by atoms with Gasteiger partial charge in [0.25, 0.3) is 0 Å². The highest BCUT2D eigenvalue weighted by atomic mass is 16.5. The van der Waals surface area contributed by atoms with E-state index in [0.717, 1.165) is 36.3 Å². The van der Waals surface area contributed by atoms with Crippen molar-refractivity contribution in [3.8, 4) is 17.6 Å². The Hall–Kier alpha value is -2.44. The number of benzene rings is 2. The average Bonchev–Trinajstić information content (AvgIpc) is 2.62. The van der Waals surface area contributed by atoms with E-state index >= 15 is 0 Å². The molecule has 0 bridgehead atoms. The van der Waals surface area contributed by atoms with Crippen LogP contribution in [0.1, 0.15) is 37.8 Å². The first-order valence-electron chi connectivity index (χ1n) is 7.91. The van der Waals surface area contributed by atoms with Gasteiger partial charge in [-0.1, -0.05) is 49.6 Å². The summed E-state index contributed by atoms with van der Waals surface area (Å²) in [6.07, 6.45) is 3.02. The molecule has 0 fully saturated rings. The zero-order valence-electron chi connectivity index (χ0n) is 13.7. The number of para-hydroxylation sites is 1. The van der Waals surface area contributed by atoms with Gasteiger partial charge in [-0.3, -0.25) is 5.21 Å². The summed E-state index contributed by atoms with van der Waals surface area (Å²) in [7, 11) is 1.64. The molecule has 0 amide bonds. The van der Waals surface area contributed by atoms with Gasteiger partial charge in [-0.25, -0.2) is 5.06 Å². The van der Waals surface area contributed by atoms with E-state index in [-0.39, 0.29) is 0 Å². The van der Waals surface area contributed by atoms with Crippen molar-refractivity contribution in [3.63, 3.8) is 0 Å². The molecule has 1 N–H and O–H groups in total. The molecular weight excluding hydrogens is 286 g/mol. The Balaban J connectivity index is 2.27. The minimum Gasteiger partial charge on any atom is -0.497 e. The third-order valence-corrected chi connectivity index (χ3v) is 3.59. The summed E-state index contributed by atoms with van der Waals surface area (Å²) in [6, 6.07) is 16.7. The number of methoxy groups -OCH3 is 1. The predicted octanol–water partition coefficient (Wildman–Crippen LogP) is 4.83. The first-order chi connectivity index (χ1) is 11.3. The third kappa shape index (κ3) is 4.77. The molecule has 1 unspecified atom stereocenters. The number of unbranched alkanes of at least 4 members (excludes halogenated alkanes) is 2. The predicted molar refractivity (Wildman–Crippen MR) is 93.7 cm³/mol. The molecule has 0 aromatic heterocycles. The van der Waals surface area contributed by atoms with Crippen molar-refractivity contribution in [2.45, 2.75) is 32.2 Å². The average molecular weight is 309 g/mol. The van der Waals surface area contributed by atoms with Gasteiger partial charge in [0, 0.05) is 6.42 Å². The van der Waals surface area contributed by atoms with Crippen LogP contribution >= 0.6 is 0 Å². The largest absolute Gasteiger partial charge is 0.497 e. The van der Waals surface area contributed by atoms with Gasteiger partial charge in [0.1, 0.15) is 11.8 Å². The molecule has 120 valence electrons. The van der Waals surface area contributed by atoms with Crippen LogP contribution in [0.2, 0.25) is 0 Å². The molecule has 2 aromatic carbocycles. The number of hydrogen-bond donors (Lipinski definition) is 1. The fraction of sp³-hybridized carbons (Fsp3) is 0.300. The molecule has 0 saturated heterocycles. The Kier molecular flexibility index (Phi) is 6.53. The van der Waals surface area contributed by atoms with E-state index in [4.69, 9.17) is 4.74 Å². The molecular formula is C20H23NO2. The van der Waals surface area contributed by atoms with E-state index in [0.29, 0.717) is 0 Å².